The van der Waals surface area contributed by atoms with Crippen molar-refractivity contribution in [3.8, 4) is 0 Å². The Kier molecular flexibility index (Phi) is 1.88. The van der Waals surface area contributed by atoms with Gasteiger partial charge in [0.1, 0.15) is 12.2 Å². The lowest BCUT2D eigenvalue weighted by atomic mass is 9.84. The van der Waals surface area contributed by atoms with E-state index in [0.717, 1.165) is 27.7 Å². The number of ether oxygens (including phenoxy) is 1. The van der Waals surface area contributed by atoms with Crippen LogP contribution in [0.25, 0.3) is 38.1 Å². The summed E-state index contributed by atoms with van der Waals surface area (Å²) in [5.41, 5.74) is 1.68. The van der Waals surface area contributed by atoms with Crippen LogP contribution in [0.1, 0.15) is 17.2 Å². The Labute approximate surface area is 131 Å². The first-order valence-corrected chi connectivity index (χ1v) is 7.73. The van der Waals surface area contributed by atoms with Crippen LogP contribution in [0.5, 0.6) is 0 Å². The molecule has 2 atom stereocenters. The summed E-state index contributed by atoms with van der Waals surface area (Å²) in [6.45, 7) is 0. The Bertz CT molecular complexity index is 1160. The molecule has 3 nitrogen and oxygen atoms in total. The van der Waals surface area contributed by atoms with Gasteiger partial charge >= 0.3 is 0 Å². The zero-order chi connectivity index (χ0) is 15.3. The molecule has 6 rings (SSSR count). The molecule has 2 aliphatic rings. The quantitative estimate of drug-likeness (QED) is 0.487. The van der Waals surface area contributed by atoms with Crippen molar-refractivity contribution in [3.05, 3.63) is 65.4 Å². The highest BCUT2D eigenvalue weighted by Crippen LogP contribution is 2.52. The minimum Gasteiger partial charge on any atom is -0.451 e. The van der Waals surface area contributed by atoms with Gasteiger partial charge in [-0.25, -0.2) is 0 Å². The van der Waals surface area contributed by atoms with Gasteiger partial charge in [0.25, 0.3) is 0 Å². The fourth-order valence-electron chi connectivity index (χ4n) is 4.09. The van der Waals surface area contributed by atoms with Crippen molar-refractivity contribution >= 4 is 38.1 Å². The van der Waals surface area contributed by atoms with Crippen molar-refractivity contribution in [2.45, 2.75) is 12.2 Å². The summed E-state index contributed by atoms with van der Waals surface area (Å²) in [7, 11) is 0. The van der Waals surface area contributed by atoms with Crippen molar-refractivity contribution in [2.75, 3.05) is 0 Å². The van der Waals surface area contributed by atoms with Crippen LogP contribution in [0.3, 0.4) is 0 Å². The summed E-state index contributed by atoms with van der Waals surface area (Å²) in [6, 6.07) is 16.7. The minimum absolute atomic E-state index is 0.514. The van der Waals surface area contributed by atoms with Gasteiger partial charge in [-0.2, -0.15) is 0 Å². The molecule has 0 radical (unpaired) electrons. The predicted octanol–water partition coefficient (Wildman–Crippen LogP) is 3.69. The SMILES string of the molecule is O[C@H]1C2=C(O2)c2c(cc3ccc4cccc5ccc2c3c45)[C@@H]1O. The average molecular weight is 300 g/mol. The monoisotopic (exact) mass is 300 g/mol. The van der Waals surface area contributed by atoms with Crippen molar-refractivity contribution < 1.29 is 14.9 Å². The second kappa shape index (κ2) is 3.65. The molecule has 1 heterocycles. The Balaban J connectivity index is 1.89. The molecule has 2 N–H and O–H groups in total. The van der Waals surface area contributed by atoms with E-state index in [1.54, 1.807) is 0 Å². The van der Waals surface area contributed by atoms with Crippen LogP contribution < -0.4 is 0 Å². The third kappa shape index (κ3) is 1.29. The second-order valence-electron chi connectivity index (χ2n) is 6.38. The van der Waals surface area contributed by atoms with E-state index < -0.39 is 12.2 Å². The molecule has 0 spiro atoms. The highest BCUT2D eigenvalue weighted by molar-refractivity contribution is 6.25. The van der Waals surface area contributed by atoms with Crippen molar-refractivity contribution in [1.29, 1.82) is 0 Å². The molecule has 0 fully saturated rings. The Morgan fingerprint density at radius 2 is 1.52 bits per heavy atom. The van der Waals surface area contributed by atoms with Gasteiger partial charge in [0.15, 0.2) is 11.5 Å². The first kappa shape index (κ1) is 11.9. The highest BCUT2D eigenvalue weighted by Gasteiger charge is 2.45. The number of fused-ring (bicyclic) bond motifs is 3. The number of benzene rings is 4. The molecular formula is C20H12O3. The normalized spacial score (nSPS) is 22.5. The Morgan fingerprint density at radius 3 is 2.35 bits per heavy atom. The van der Waals surface area contributed by atoms with Crippen LogP contribution in [0.2, 0.25) is 0 Å². The number of hydrogen-bond donors (Lipinski definition) is 2. The highest BCUT2D eigenvalue weighted by atomic mass is 16.6. The van der Waals surface area contributed by atoms with Crippen molar-refractivity contribution in [2.24, 2.45) is 0 Å². The standard InChI is InChI=1S/C20H12O3/c21-17-13-8-11-5-4-9-2-1-3-10-6-7-12(15(11)14(9)10)16(13)19-20(23-19)18(17)22/h1-8,17-18,21-22H/t17-,18+/m0/s1. The maximum atomic E-state index is 10.4. The van der Waals surface area contributed by atoms with Gasteiger partial charge in [-0.15, -0.1) is 0 Å². The first-order chi connectivity index (χ1) is 11.2. The fourth-order valence-corrected chi connectivity index (χ4v) is 4.09. The Hall–Kier alpha value is -2.62. The molecule has 1 aliphatic carbocycles. The van der Waals surface area contributed by atoms with Gasteiger partial charge in [-0.05, 0) is 43.9 Å². The minimum atomic E-state index is -0.953. The lowest BCUT2D eigenvalue weighted by Crippen LogP contribution is -2.20. The van der Waals surface area contributed by atoms with E-state index in [1.807, 2.05) is 6.07 Å². The van der Waals surface area contributed by atoms with E-state index in [2.05, 4.69) is 42.5 Å². The van der Waals surface area contributed by atoms with Crippen molar-refractivity contribution in [1.82, 2.24) is 0 Å². The summed E-state index contributed by atoms with van der Waals surface area (Å²) >= 11 is 0. The third-order valence-corrected chi connectivity index (χ3v) is 5.19. The molecule has 0 aromatic heterocycles. The smallest absolute Gasteiger partial charge is 0.179 e. The molecule has 0 unspecified atom stereocenters. The zero-order valence-corrected chi connectivity index (χ0v) is 12.1. The molecule has 4 aromatic carbocycles. The maximum absolute atomic E-state index is 10.4. The molecule has 0 bridgehead atoms. The number of aliphatic hydroxyl groups excluding tert-OH is 2. The van der Waals surface area contributed by atoms with Crippen LogP contribution in [-0.2, 0) is 4.74 Å². The van der Waals surface area contributed by atoms with Crippen LogP contribution in [-0.4, -0.2) is 16.3 Å². The van der Waals surface area contributed by atoms with Gasteiger partial charge in [0, 0.05) is 5.56 Å². The number of aliphatic hydroxyl groups is 2. The van der Waals surface area contributed by atoms with E-state index in [9.17, 15) is 10.2 Å². The maximum Gasteiger partial charge on any atom is 0.179 e. The first-order valence-electron chi connectivity index (χ1n) is 7.73. The van der Waals surface area contributed by atoms with Crippen LogP contribution in [0.15, 0.2) is 54.3 Å². The van der Waals surface area contributed by atoms with E-state index in [1.165, 1.54) is 21.5 Å². The summed E-state index contributed by atoms with van der Waals surface area (Å²) in [4.78, 5) is 0. The molecule has 3 heteroatoms. The molecule has 1 aliphatic heterocycles. The van der Waals surface area contributed by atoms with E-state index in [-0.39, 0.29) is 0 Å². The van der Waals surface area contributed by atoms with Gasteiger partial charge < -0.3 is 14.9 Å². The number of rotatable bonds is 0. The number of hydrogen-bond acceptors (Lipinski definition) is 3. The molecular weight excluding hydrogens is 288 g/mol. The lowest BCUT2D eigenvalue weighted by Gasteiger charge is -2.21. The van der Waals surface area contributed by atoms with Crippen LogP contribution >= 0.6 is 0 Å². The molecule has 23 heavy (non-hydrogen) atoms. The van der Waals surface area contributed by atoms with E-state index >= 15 is 0 Å². The average Bonchev–Trinajstić information content (AvgIpc) is 3.37. The predicted molar refractivity (Wildman–Crippen MR) is 89.1 cm³/mol. The molecule has 4 aromatic rings. The summed E-state index contributed by atoms with van der Waals surface area (Å²) < 4.78 is 5.50. The summed E-state index contributed by atoms with van der Waals surface area (Å²) in [5.74, 6) is 1.25. The molecule has 0 amide bonds. The lowest BCUT2D eigenvalue weighted by molar-refractivity contribution is 0.0326. The second-order valence-corrected chi connectivity index (χ2v) is 6.38. The topological polar surface area (TPSA) is 53.0 Å². The summed E-state index contributed by atoms with van der Waals surface area (Å²) in [5, 5.41) is 27.6. The van der Waals surface area contributed by atoms with Gasteiger partial charge in [-0.3, -0.25) is 0 Å². The van der Waals surface area contributed by atoms with Gasteiger partial charge in [0.2, 0.25) is 0 Å². The van der Waals surface area contributed by atoms with Gasteiger partial charge in [0.05, 0.1) is 0 Å². The third-order valence-electron chi connectivity index (χ3n) is 5.19. The van der Waals surface area contributed by atoms with Crippen LogP contribution in [0.4, 0.5) is 0 Å². The molecule has 0 saturated carbocycles. The summed E-state index contributed by atoms with van der Waals surface area (Å²) in [6.07, 6.45) is -1.89. The zero-order valence-electron chi connectivity index (χ0n) is 12.1. The Morgan fingerprint density at radius 1 is 0.783 bits per heavy atom. The fraction of sp³-hybridized carbons (Fsp3) is 0.100. The van der Waals surface area contributed by atoms with Crippen LogP contribution in [0, 0.1) is 0 Å². The largest absolute Gasteiger partial charge is 0.451 e. The van der Waals surface area contributed by atoms with E-state index in [0.29, 0.717) is 5.76 Å². The molecule has 110 valence electrons. The molecule has 0 saturated heterocycles. The van der Waals surface area contributed by atoms with Crippen molar-refractivity contribution in [3.63, 3.8) is 0 Å². The van der Waals surface area contributed by atoms with Gasteiger partial charge in [-0.1, -0.05) is 42.5 Å². The van der Waals surface area contributed by atoms with E-state index in [4.69, 9.17) is 4.74 Å².